The molecular formula is C13H22N2O2. The van der Waals surface area contributed by atoms with Crippen LogP contribution < -0.4 is 5.32 Å². The molecule has 3 unspecified atom stereocenters. The van der Waals surface area contributed by atoms with E-state index in [9.17, 15) is 9.90 Å². The molecule has 2 saturated heterocycles. The van der Waals surface area contributed by atoms with E-state index in [0.717, 1.165) is 38.4 Å². The number of carbonyl (C=O) groups excluding carboxylic acids is 1. The van der Waals surface area contributed by atoms with Gasteiger partial charge in [-0.05, 0) is 44.1 Å². The van der Waals surface area contributed by atoms with Gasteiger partial charge in [-0.3, -0.25) is 4.79 Å². The molecule has 1 amide bonds. The summed E-state index contributed by atoms with van der Waals surface area (Å²) in [5.74, 6) is 1.60. The van der Waals surface area contributed by atoms with Crippen LogP contribution in [0.4, 0.5) is 0 Å². The van der Waals surface area contributed by atoms with Crippen molar-refractivity contribution in [3.8, 4) is 0 Å². The van der Waals surface area contributed by atoms with Crippen LogP contribution in [-0.2, 0) is 4.79 Å². The first kappa shape index (κ1) is 11.5. The summed E-state index contributed by atoms with van der Waals surface area (Å²) in [6.07, 6.45) is 5.08. The van der Waals surface area contributed by atoms with E-state index >= 15 is 0 Å². The topological polar surface area (TPSA) is 52.6 Å². The molecule has 0 bridgehead atoms. The number of likely N-dealkylation sites (tertiary alicyclic amines) is 1. The molecule has 3 aliphatic rings. The molecule has 17 heavy (non-hydrogen) atoms. The molecule has 0 spiro atoms. The third kappa shape index (κ3) is 2.08. The fourth-order valence-corrected chi connectivity index (χ4v) is 3.74. The lowest BCUT2D eigenvalue weighted by Crippen LogP contribution is -2.49. The van der Waals surface area contributed by atoms with Gasteiger partial charge in [0.25, 0.3) is 0 Å². The molecule has 1 saturated carbocycles. The van der Waals surface area contributed by atoms with E-state index < -0.39 is 0 Å². The monoisotopic (exact) mass is 238 g/mol. The first-order valence-corrected chi connectivity index (χ1v) is 6.96. The van der Waals surface area contributed by atoms with Crippen molar-refractivity contribution < 1.29 is 9.90 Å². The van der Waals surface area contributed by atoms with E-state index in [4.69, 9.17) is 0 Å². The van der Waals surface area contributed by atoms with E-state index in [0.29, 0.717) is 5.92 Å². The molecule has 4 heteroatoms. The van der Waals surface area contributed by atoms with Crippen molar-refractivity contribution in [2.24, 2.45) is 11.8 Å². The molecular weight excluding hydrogens is 216 g/mol. The minimum atomic E-state index is -0.199. The fraction of sp³-hybridized carbons (Fsp3) is 0.923. The number of nitrogens with one attached hydrogen (secondary N) is 1. The van der Waals surface area contributed by atoms with Crippen molar-refractivity contribution in [1.29, 1.82) is 0 Å². The minimum Gasteiger partial charge on any atom is -0.393 e. The summed E-state index contributed by atoms with van der Waals surface area (Å²) >= 11 is 0. The first-order valence-electron chi connectivity index (χ1n) is 6.96. The van der Waals surface area contributed by atoms with Crippen molar-refractivity contribution in [2.45, 2.75) is 44.2 Å². The van der Waals surface area contributed by atoms with E-state index in [-0.39, 0.29) is 18.1 Å². The Labute approximate surface area is 102 Å². The molecule has 0 aromatic carbocycles. The van der Waals surface area contributed by atoms with Gasteiger partial charge >= 0.3 is 0 Å². The predicted octanol–water partition coefficient (Wildman–Crippen LogP) is 0.358. The Bertz CT molecular complexity index is 300. The van der Waals surface area contributed by atoms with Crippen LogP contribution >= 0.6 is 0 Å². The molecule has 1 aliphatic carbocycles. The lowest BCUT2D eigenvalue weighted by molar-refractivity contribution is -0.136. The summed E-state index contributed by atoms with van der Waals surface area (Å²) in [6, 6.07) is 0.0674. The SMILES string of the molecule is O=C(C1NCC2CCCC21)N1CCC(O)CC1. The van der Waals surface area contributed by atoms with Gasteiger partial charge in [0.15, 0.2) is 0 Å². The highest BCUT2D eigenvalue weighted by Gasteiger charge is 2.43. The highest BCUT2D eigenvalue weighted by Crippen LogP contribution is 2.38. The average molecular weight is 238 g/mol. The summed E-state index contributed by atoms with van der Waals surface area (Å²) in [5.41, 5.74) is 0. The molecule has 96 valence electrons. The maximum atomic E-state index is 12.4. The third-order valence-electron chi connectivity index (χ3n) is 4.79. The van der Waals surface area contributed by atoms with Crippen molar-refractivity contribution in [2.75, 3.05) is 19.6 Å². The number of carbonyl (C=O) groups is 1. The normalized spacial score (nSPS) is 38.4. The summed E-state index contributed by atoms with van der Waals surface area (Å²) in [7, 11) is 0. The Morgan fingerprint density at radius 2 is 1.94 bits per heavy atom. The Morgan fingerprint density at radius 3 is 2.71 bits per heavy atom. The zero-order chi connectivity index (χ0) is 11.8. The maximum Gasteiger partial charge on any atom is 0.240 e. The predicted molar refractivity (Wildman–Crippen MR) is 64.4 cm³/mol. The summed E-state index contributed by atoms with van der Waals surface area (Å²) < 4.78 is 0. The van der Waals surface area contributed by atoms with E-state index in [1.54, 1.807) is 0 Å². The Kier molecular flexibility index (Phi) is 3.09. The third-order valence-corrected chi connectivity index (χ3v) is 4.79. The number of piperidine rings is 1. The van der Waals surface area contributed by atoms with E-state index in [1.807, 2.05) is 4.90 Å². The zero-order valence-electron chi connectivity index (χ0n) is 10.3. The molecule has 0 aromatic rings. The number of rotatable bonds is 1. The Balaban J connectivity index is 1.62. The largest absolute Gasteiger partial charge is 0.393 e. The number of hydrogen-bond donors (Lipinski definition) is 2. The van der Waals surface area contributed by atoms with Crippen LogP contribution in [-0.4, -0.2) is 47.7 Å². The van der Waals surface area contributed by atoms with Crippen LogP contribution in [0.15, 0.2) is 0 Å². The number of aliphatic hydroxyl groups excluding tert-OH is 1. The molecule has 0 aromatic heterocycles. The van der Waals surface area contributed by atoms with Crippen LogP contribution in [0.1, 0.15) is 32.1 Å². The molecule has 0 radical (unpaired) electrons. The van der Waals surface area contributed by atoms with E-state index in [2.05, 4.69) is 5.32 Å². The van der Waals surface area contributed by atoms with Gasteiger partial charge in [0.05, 0.1) is 12.1 Å². The molecule has 2 aliphatic heterocycles. The quantitative estimate of drug-likeness (QED) is 0.693. The van der Waals surface area contributed by atoms with Gasteiger partial charge in [-0.2, -0.15) is 0 Å². The smallest absolute Gasteiger partial charge is 0.240 e. The lowest BCUT2D eigenvalue weighted by Gasteiger charge is -2.32. The molecule has 3 atom stereocenters. The zero-order valence-corrected chi connectivity index (χ0v) is 10.3. The number of amides is 1. The van der Waals surface area contributed by atoms with Crippen molar-refractivity contribution in [1.82, 2.24) is 10.2 Å². The number of fused-ring (bicyclic) bond motifs is 1. The van der Waals surface area contributed by atoms with Crippen LogP contribution in [0.5, 0.6) is 0 Å². The van der Waals surface area contributed by atoms with E-state index in [1.165, 1.54) is 19.3 Å². The summed E-state index contributed by atoms with van der Waals surface area (Å²) in [4.78, 5) is 14.4. The van der Waals surface area contributed by atoms with Crippen molar-refractivity contribution in [3.05, 3.63) is 0 Å². The van der Waals surface area contributed by atoms with Gasteiger partial charge in [-0.25, -0.2) is 0 Å². The second-order valence-corrected chi connectivity index (χ2v) is 5.80. The van der Waals surface area contributed by atoms with Gasteiger partial charge in [-0.1, -0.05) is 6.42 Å². The highest BCUT2D eigenvalue weighted by molar-refractivity contribution is 5.82. The van der Waals surface area contributed by atoms with Crippen LogP contribution in [0.3, 0.4) is 0 Å². The summed E-state index contributed by atoms with van der Waals surface area (Å²) in [5, 5.41) is 12.9. The molecule has 3 fully saturated rings. The Hall–Kier alpha value is -0.610. The second kappa shape index (κ2) is 4.58. The van der Waals surface area contributed by atoms with Gasteiger partial charge in [0, 0.05) is 13.1 Å². The Morgan fingerprint density at radius 1 is 1.18 bits per heavy atom. The number of nitrogens with zero attached hydrogens (tertiary/aromatic N) is 1. The standard InChI is InChI=1S/C13H22N2O2/c16-10-4-6-15(7-5-10)13(17)12-11-3-1-2-9(11)8-14-12/h9-12,14,16H,1-8H2. The molecule has 2 N–H and O–H groups in total. The second-order valence-electron chi connectivity index (χ2n) is 5.80. The number of aliphatic hydroxyl groups is 1. The average Bonchev–Trinajstić information content (AvgIpc) is 2.90. The van der Waals surface area contributed by atoms with Crippen LogP contribution in [0.2, 0.25) is 0 Å². The molecule has 2 heterocycles. The van der Waals surface area contributed by atoms with Crippen molar-refractivity contribution in [3.63, 3.8) is 0 Å². The van der Waals surface area contributed by atoms with Crippen molar-refractivity contribution >= 4 is 5.91 Å². The molecule has 4 nitrogen and oxygen atoms in total. The fourth-order valence-electron chi connectivity index (χ4n) is 3.74. The molecule has 3 rings (SSSR count). The highest BCUT2D eigenvalue weighted by atomic mass is 16.3. The lowest BCUT2D eigenvalue weighted by atomic mass is 9.93. The maximum absolute atomic E-state index is 12.4. The van der Waals surface area contributed by atoms with Gasteiger partial charge in [-0.15, -0.1) is 0 Å². The minimum absolute atomic E-state index is 0.0674. The van der Waals surface area contributed by atoms with Crippen LogP contribution in [0, 0.1) is 11.8 Å². The van der Waals surface area contributed by atoms with Gasteiger partial charge < -0.3 is 15.3 Å². The van der Waals surface area contributed by atoms with Gasteiger partial charge in [0.2, 0.25) is 5.91 Å². The van der Waals surface area contributed by atoms with Gasteiger partial charge in [0.1, 0.15) is 0 Å². The van der Waals surface area contributed by atoms with Crippen LogP contribution in [0.25, 0.3) is 0 Å². The first-order chi connectivity index (χ1) is 8.25. The number of hydrogen-bond acceptors (Lipinski definition) is 3. The summed E-state index contributed by atoms with van der Waals surface area (Å²) in [6.45, 7) is 2.49.